The van der Waals surface area contributed by atoms with Gasteiger partial charge in [0.25, 0.3) is 0 Å². The number of halogens is 1. The first-order valence-corrected chi connectivity index (χ1v) is 3.03. The molecule has 0 spiro atoms. The van der Waals surface area contributed by atoms with Crippen molar-refractivity contribution in [3.63, 3.8) is 0 Å². The average molecular weight is 198 g/mol. The Morgan fingerprint density at radius 2 is 2.00 bits per heavy atom. The molecule has 0 aromatic rings. The summed E-state index contributed by atoms with van der Waals surface area (Å²) in [5, 5.41) is 0. The monoisotopic (exact) mass is 198 g/mol. The highest BCUT2D eigenvalue weighted by atomic mass is 127. The summed E-state index contributed by atoms with van der Waals surface area (Å²) in [5.41, 5.74) is 0. The first-order valence-electron chi connectivity index (χ1n) is 1.79. The van der Waals surface area contributed by atoms with Gasteiger partial charge < -0.3 is 0 Å². The number of rotatable bonds is 1. The fourth-order valence-electron chi connectivity index (χ4n) is 0. The molecule has 0 fully saturated rings. The minimum absolute atomic E-state index is 0.183. The van der Waals surface area contributed by atoms with Crippen LogP contribution in [0.1, 0.15) is 13.8 Å². The van der Waals surface area contributed by atoms with E-state index in [2.05, 4.69) is 22.6 Å². The van der Waals surface area contributed by atoms with E-state index in [-0.39, 0.29) is 9.71 Å². The van der Waals surface area contributed by atoms with Gasteiger partial charge in [0.2, 0.25) is 0 Å². The van der Waals surface area contributed by atoms with E-state index in [9.17, 15) is 4.79 Å². The van der Waals surface area contributed by atoms with Gasteiger partial charge in [-0.2, -0.15) is 0 Å². The summed E-state index contributed by atoms with van der Waals surface area (Å²) in [4.78, 5) is 10.1. The van der Waals surface area contributed by atoms with Crippen LogP contribution in [0.2, 0.25) is 0 Å². The molecule has 0 saturated carbocycles. The molecule has 36 valence electrons. The van der Waals surface area contributed by atoms with Crippen molar-refractivity contribution in [2.75, 3.05) is 0 Å². The van der Waals surface area contributed by atoms with E-state index < -0.39 is 0 Å². The van der Waals surface area contributed by atoms with Crippen LogP contribution >= 0.6 is 22.6 Å². The van der Waals surface area contributed by atoms with Crippen molar-refractivity contribution in [3.05, 3.63) is 0 Å². The van der Waals surface area contributed by atoms with Crippen molar-refractivity contribution in [2.45, 2.75) is 17.8 Å². The molecule has 2 heteroatoms. The zero-order valence-electron chi connectivity index (χ0n) is 3.86. The standard InChI is InChI=1S/C4H7IO/c1-3(5)4(2)6/h3H,1-2H3. The van der Waals surface area contributed by atoms with Crippen molar-refractivity contribution >= 4 is 28.4 Å². The smallest absolute Gasteiger partial charge is 0.142 e. The molecule has 0 heterocycles. The predicted molar refractivity (Wildman–Crippen MR) is 34.2 cm³/mol. The van der Waals surface area contributed by atoms with E-state index in [1.165, 1.54) is 0 Å². The molecular weight excluding hydrogens is 191 g/mol. The van der Waals surface area contributed by atoms with Crippen molar-refractivity contribution in [1.82, 2.24) is 0 Å². The summed E-state index contributed by atoms with van der Waals surface area (Å²) >= 11 is 2.08. The van der Waals surface area contributed by atoms with Crippen molar-refractivity contribution < 1.29 is 4.79 Å². The van der Waals surface area contributed by atoms with Crippen molar-refractivity contribution in [2.24, 2.45) is 0 Å². The Hall–Kier alpha value is 0.400. The van der Waals surface area contributed by atoms with Gasteiger partial charge in [0.05, 0.1) is 3.92 Å². The zero-order valence-corrected chi connectivity index (χ0v) is 6.02. The summed E-state index contributed by atoms with van der Waals surface area (Å²) in [6.45, 7) is 3.47. The Labute approximate surface area is 51.3 Å². The molecular formula is C4H7IO. The average Bonchev–Trinajstić information content (AvgIpc) is 1.36. The zero-order chi connectivity index (χ0) is 5.15. The highest BCUT2D eigenvalue weighted by Crippen LogP contribution is 1.96. The summed E-state index contributed by atoms with van der Waals surface area (Å²) in [7, 11) is 0. The molecule has 1 atom stereocenters. The number of alkyl halides is 1. The minimum atomic E-state index is 0.183. The molecule has 0 aliphatic carbocycles. The molecule has 1 unspecified atom stereocenters. The van der Waals surface area contributed by atoms with Crippen LogP contribution in [-0.2, 0) is 4.79 Å². The third-order valence-electron chi connectivity index (χ3n) is 0.560. The Morgan fingerprint density at radius 1 is 1.83 bits per heavy atom. The fraction of sp³-hybridized carbons (Fsp3) is 0.750. The molecule has 6 heavy (non-hydrogen) atoms. The van der Waals surface area contributed by atoms with E-state index in [0.717, 1.165) is 0 Å². The molecule has 1 nitrogen and oxygen atoms in total. The lowest BCUT2D eigenvalue weighted by molar-refractivity contribution is -0.115. The molecule has 0 aliphatic rings. The summed E-state index contributed by atoms with van der Waals surface area (Å²) in [6, 6.07) is 0. The maximum Gasteiger partial charge on any atom is 0.142 e. The minimum Gasteiger partial charge on any atom is -0.299 e. The van der Waals surface area contributed by atoms with E-state index in [1.54, 1.807) is 6.92 Å². The summed E-state index contributed by atoms with van der Waals surface area (Å²) in [6.07, 6.45) is 0. The molecule has 0 N–H and O–H groups in total. The summed E-state index contributed by atoms with van der Waals surface area (Å²) in [5.74, 6) is 0.246. The molecule has 0 aliphatic heterocycles. The highest BCUT2D eigenvalue weighted by molar-refractivity contribution is 14.1. The SMILES string of the molecule is CC(=O)C(C)I. The number of carbonyl (C=O) groups is 1. The third-order valence-corrected chi connectivity index (χ3v) is 1.44. The van der Waals surface area contributed by atoms with Gasteiger partial charge in [-0.3, -0.25) is 4.79 Å². The molecule has 0 radical (unpaired) electrons. The highest BCUT2D eigenvalue weighted by Gasteiger charge is 1.97. The van der Waals surface area contributed by atoms with Gasteiger partial charge in [-0.1, -0.05) is 22.6 Å². The Bertz CT molecular complexity index is 58.6. The lowest BCUT2D eigenvalue weighted by atomic mass is 10.4. The van der Waals surface area contributed by atoms with E-state index in [4.69, 9.17) is 0 Å². The molecule has 0 amide bonds. The van der Waals surface area contributed by atoms with Gasteiger partial charge in [-0.25, -0.2) is 0 Å². The van der Waals surface area contributed by atoms with E-state index in [0.29, 0.717) is 0 Å². The fourth-order valence-corrected chi connectivity index (χ4v) is 0. The second-order valence-electron chi connectivity index (χ2n) is 1.23. The number of Topliss-reactive ketones (excluding diaryl/α,β-unsaturated/α-hetero) is 1. The normalized spacial score (nSPS) is 13.8. The topological polar surface area (TPSA) is 17.1 Å². The van der Waals surface area contributed by atoms with Crippen LogP contribution in [-0.4, -0.2) is 9.71 Å². The van der Waals surface area contributed by atoms with Crippen LogP contribution in [0, 0.1) is 0 Å². The van der Waals surface area contributed by atoms with Crippen LogP contribution in [0.3, 0.4) is 0 Å². The van der Waals surface area contributed by atoms with Gasteiger partial charge in [0.1, 0.15) is 5.78 Å². The van der Waals surface area contributed by atoms with Gasteiger partial charge in [0, 0.05) is 0 Å². The van der Waals surface area contributed by atoms with Gasteiger partial charge in [0.15, 0.2) is 0 Å². The van der Waals surface area contributed by atoms with Crippen molar-refractivity contribution in [1.29, 1.82) is 0 Å². The van der Waals surface area contributed by atoms with E-state index in [1.807, 2.05) is 6.92 Å². The predicted octanol–water partition coefficient (Wildman–Crippen LogP) is 1.40. The lowest BCUT2D eigenvalue weighted by Crippen LogP contribution is -2.01. The maximum atomic E-state index is 10.1. The van der Waals surface area contributed by atoms with Gasteiger partial charge in [-0.15, -0.1) is 0 Å². The maximum absolute atomic E-state index is 10.1. The number of ketones is 1. The first-order chi connectivity index (χ1) is 2.64. The van der Waals surface area contributed by atoms with Crippen LogP contribution < -0.4 is 0 Å². The van der Waals surface area contributed by atoms with Gasteiger partial charge >= 0.3 is 0 Å². The second-order valence-corrected chi connectivity index (χ2v) is 3.10. The Balaban J connectivity index is 3.26. The second kappa shape index (κ2) is 2.55. The molecule has 0 aromatic heterocycles. The van der Waals surface area contributed by atoms with Crippen LogP contribution in [0.25, 0.3) is 0 Å². The van der Waals surface area contributed by atoms with Crippen LogP contribution in [0.5, 0.6) is 0 Å². The van der Waals surface area contributed by atoms with Gasteiger partial charge in [-0.05, 0) is 13.8 Å². The molecule has 0 aromatic carbocycles. The number of hydrogen-bond donors (Lipinski definition) is 0. The largest absolute Gasteiger partial charge is 0.299 e. The Kier molecular flexibility index (Phi) is 2.72. The third kappa shape index (κ3) is 2.63. The molecule has 0 saturated heterocycles. The van der Waals surface area contributed by atoms with E-state index >= 15 is 0 Å². The first kappa shape index (κ1) is 6.40. The van der Waals surface area contributed by atoms with Crippen LogP contribution in [0.4, 0.5) is 0 Å². The number of carbonyl (C=O) groups excluding carboxylic acids is 1. The summed E-state index contributed by atoms with van der Waals surface area (Å²) < 4.78 is 0.183. The van der Waals surface area contributed by atoms with Crippen molar-refractivity contribution in [3.8, 4) is 0 Å². The van der Waals surface area contributed by atoms with Crippen LogP contribution in [0.15, 0.2) is 0 Å². The Morgan fingerprint density at radius 3 is 2.00 bits per heavy atom. The molecule has 0 rings (SSSR count). The quantitative estimate of drug-likeness (QED) is 0.459. The molecule has 0 bridgehead atoms. The number of hydrogen-bond acceptors (Lipinski definition) is 1. The lowest BCUT2D eigenvalue weighted by Gasteiger charge is -1.88.